The van der Waals surface area contributed by atoms with Crippen LogP contribution in [0.3, 0.4) is 0 Å². The van der Waals surface area contributed by atoms with Crippen molar-refractivity contribution in [1.82, 2.24) is 0 Å². The van der Waals surface area contributed by atoms with Crippen molar-refractivity contribution < 1.29 is 9.72 Å². The van der Waals surface area contributed by atoms with Gasteiger partial charge in [-0.15, -0.1) is 0 Å². The summed E-state index contributed by atoms with van der Waals surface area (Å²) in [7, 11) is 0. The Labute approximate surface area is 126 Å². The van der Waals surface area contributed by atoms with Crippen LogP contribution in [0, 0.1) is 17.0 Å². The van der Waals surface area contributed by atoms with Gasteiger partial charge in [-0.05, 0) is 30.7 Å². The van der Waals surface area contributed by atoms with Crippen molar-refractivity contribution in [2.24, 2.45) is 0 Å². The number of nitro benzene ring substituents is 1. The van der Waals surface area contributed by atoms with E-state index in [1.807, 2.05) is 6.92 Å². The van der Waals surface area contributed by atoms with Gasteiger partial charge in [0.1, 0.15) is 0 Å². The second-order valence-electron chi connectivity index (χ2n) is 4.57. The van der Waals surface area contributed by atoms with Gasteiger partial charge in [0.25, 0.3) is 5.69 Å². The second kappa shape index (κ2) is 6.37. The first-order valence-electron chi connectivity index (χ1n) is 6.25. The number of nitrogens with one attached hydrogen (secondary N) is 1. The molecule has 2 aromatic rings. The third-order valence-electron chi connectivity index (χ3n) is 3.00. The minimum Gasteiger partial charge on any atom is -0.326 e. The van der Waals surface area contributed by atoms with Crippen molar-refractivity contribution in [2.45, 2.75) is 13.3 Å². The normalized spacial score (nSPS) is 10.2. The maximum Gasteiger partial charge on any atom is 0.273 e. The highest BCUT2D eigenvalue weighted by atomic mass is 35.5. The van der Waals surface area contributed by atoms with Crippen molar-refractivity contribution in [3.63, 3.8) is 0 Å². The summed E-state index contributed by atoms with van der Waals surface area (Å²) in [5.41, 5.74) is 1.80. The number of nitro groups is 1. The SMILES string of the molecule is Cc1cc(Cl)ccc1NC(=O)Cc1ccccc1[N+](=O)[O-]. The van der Waals surface area contributed by atoms with Crippen LogP contribution in [0.5, 0.6) is 0 Å². The van der Waals surface area contributed by atoms with E-state index < -0.39 is 4.92 Å². The molecule has 0 bridgehead atoms. The van der Waals surface area contributed by atoms with Crippen molar-refractivity contribution in [3.8, 4) is 0 Å². The number of aryl methyl sites for hydroxylation is 1. The van der Waals surface area contributed by atoms with Gasteiger partial charge in [0, 0.05) is 22.3 Å². The number of benzene rings is 2. The fraction of sp³-hybridized carbons (Fsp3) is 0.133. The van der Waals surface area contributed by atoms with E-state index in [-0.39, 0.29) is 18.0 Å². The molecule has 0 atom stereocenters. The maximum atomic E-state index is 12.0. The van der Waals surface area contributed by atoms with Crippen molar-refractivity contribution in [3.05, 3.63) is 68.7 Å². The molecule has 0 spiro atoms. The van der Waals surface area contributed by atoms with E-state index in [4.69, 9.17) is 11.6 Å². The van der Waals surface area contributed by atoms with Crippen molar-refractivity contribution in [2.75, 3.05) is 5.32 Å². The first-order chi connectivity index (χ1) is 9.97. The first kappa shape index (κ1) is 15.0. The summed E-state index contributed by atoms with van der Waals surface area (Å²) in [6.07, 6.45) is -0.0563. The number of carbonyl (C=O) groups excluding carboxylic acids is 1. The molecule has 2 aromatic carbocycles. The average Bonchev–Trinajstić information content (AvgIpc) is 2.42. The Balaban J connectivity index is 2.14. The Hall–Kier alpha value is -2.40. The van der Waals surface area contributed by atoms with Gasteiger partial charge in [-0.25, -0.2) is 0 Å². The molecule has 0 saturated carbocycles. The minimum absolute atomic E-state index is 0.0551. The van der Waals surface area contributed by atoms with Gasteiger partial charge in [-0.2, -0.15) is 0 Å². The first-order valence-corrected chi connectivity index (χ1v) is 6.63. The average molecular weight is 305 g/mol. The van der Waals surface area contributed by atoms with Gasteiger partial charge in [-0.3, -0.25) is 14.9 Å². The largest absolute Gasteiger partial charge is 0.326 e. The number of carbonyl (C=O) groups is 1. The van der Waals surface area contributed by atoms with E-state index in [1.54, 1.807) is 36.4 Å². The smallest absolute Gasteiger partial charge is 0.273 e. The molecule has 0 aliphatic heterocycles. The molecule has 5 nitrogen and oxygen atoms in total. The van der Waals surface area contributed by atoms with Crippen LogP contribution in [0.15, 0.2) is 42.5 Å². The van der Waals surface area contributed by atoms with Crippen LogP contribution in [0.4, 0.5) is 11.4 Å². The molecule has 0 aliphatic carbocycles. The quantitative estimate of drug-likeness (QED) is 0.691. The molecule has 0 heterocycles. The predicted molar refractivity (Wildman–Crippen MR) is 81.6 cm³/mol. The Morgan fingerprint density at radius 3 is 2.67 bits per heavy atom. The van der Waals surface area contributed by atoms with E-state index in [9.17, 15) is 14.9 Å². The monoisotopic (exact) mass is 304 g/mol. The number of anilines is 1. The van der Waals surface area contributed by atoms with Crippen LogP contribution in [-0.4, -0.2) is 10.8 Å². The number of amides is 1. The third kappa shape index (κ3) is 3.79. The van der Waals surface area contributed by atoms with E-state index in [1.165, 1.54) is 6.07 Å². The van der Waals surface area contributed by atoms with Gasteiger partial charge in [0.15, 0.2) is 0 Å². The van der Waals surface area contributed by atoms with Crippen molar-refractivity contribution >= 4 is 28.9 Å². The maximum absolute atomic E-state index is 12.0. The summed E-state index contributed by atoms with van der Waals surface area (Å²) in [6.45, 7) is 1.83. The minimum atomic E-state index is -0.490. The van der Waals surface area contributed by atoms with E-state index in [2.05, 4.69) is 5.32 Å². The lowest BCUT2D eigenvalue weighted by Gasteiger charge is -2.09. The summed E-state index contributed by atoms with van der Waals surface area (Å²) >= 11 is 5.85. The number of rotatable bonds is 4. The molecule has 21 heavy (non-hydrogen) atoms. The molecule has 6 heteroatoms. The molecular weight excluding hydrogens is 292 g/mol. The fourth-order valence-electron chi connectivity index (χ4n) is 1.97. The highest BCUT2D eigenvalue weighted by molar-refractivity contribution is 6.30. The molecule has 0 radical (unpaired) electrons. The summed E-state index contributed by atoms with van der Waals surface area (Å²) < 4.78 is 0. The second-order valence-corrected chi connectivity index (χ2v) is 5.01. The Morgan fingerprint density at radius 2 is 2.00 bits per heavy atom. The van der Waals surface area contributed by atoms with Gasteiger partial charge < -0.3 is 5.32 Å². The molecule has 0 aromatic heterocycles. The molecule has 108 valence electrons. The molecule has 0 aliphatic rings. The van der Waals surface area contributed by atoms with Crippen molar-refractivity contribution in [1.29, 1.82) is 0 Å². The Kier molecular flexibility index (Phi) is 4.55. The third-order valence-corrected chi connectivity index (χ3v) is 3.24. The summed E-state index contributed by atoms with van der Waals surface area (Å²) in [5.74, 6) is -0.310. The molecule has 2 rings (SSSR count). The van der Waals surface area contributed by atoms with Crippen LogP contribution in [0.25, 0.3) is 0 Å². The zero-order valence-corrected chi connectivity index (χ0v) is 12.1. The molecule has 0 saturated heterocycles. The van der Waals surface area contributed by atoms with Crippen LogP contribution in [-0.2, 0) is 11.2 Å². The van der Waals surface area contributed by atoms with Gasteiger partial charge in [0.2, 0.25) is 5.91 Å². The number of nitrogens with zero attached hydrogens (tertiary/aromatic N) is 1. The zero-order valence-electron chi connectivity index (χ0n) is 11.3. The summed E-state index contributed by atoms with van der Waals surface area (Å²) in [4.78, 5) is 22.4. The lowest BCUT2D eigenvalue weighted by Crippen LogP contribution is -2.15. The lowest BCUT2D eigenvalue weighted by molar-refractivity contribution is -0.385. The number of para-hydroxylation sites is 1. The number of halogens is 1. The topological polar surface area (TPSA) is 72.2 Å². The van der Waals surface area contributed by atoms with Crippen LogP contribution in [0.2, 0.25) is 5.02 Å². The standard InChI is InChI=1S/C15H13ClN2O3/c1-10-8-12(16)6-7-13(10)17-15(19)9-11-4-2-3-5-14(11)18(20)21/h2-8H,9H2,1H3,(H,17,19). The highest BCUT2D eigenvalue weighted by Crippen LogP contribution is 2.21. The highest BCUT2D eigenvalue weighted by Gasteiger charge is 2.15. The number of hydrogen-bond acceptors (Lipinski definition) is 3. The van der Waals surface area contributed by atoms with Crippen LogP contribution in [0.1, 0.15) is 11.1 Å². The van der Waals surface area contributed by atoms with Gasteiger partial charge in [-0.1, -0.05) is 29.8 Å². The fourth-order valence-corrected chi connectivity index (χ4v) is 2.20. The zero-order chi connectivity index (χ0) is 15.4. The molecule has 1 N–H and O–H groups in total. The summed E-state index contributed by atoms with van der Waals surface area (Å²) in [5, 5.41) is 14.2. The summed E-state index contributed by atoms with van der Waals surface area (Å²) in [6, 6.07) is 11.3. The molecule has 0 fully saturated rings. The van der Waals surface area contributed by atoms with E-state index in [0.717, 1.165) is 5.56 Å². The lowest BCUT2D eigenvalue weighted by atomic mass is 10.1. The Morgan fingerprint density at radius 1 is 1.29 bits per heavy atom. The van der Waals surface area contributed by atoms with Gasteiger partial charge >= 0.3 is 0 Å². The van der Waals surface area contributed by atoms with Crippen LogP contribution < -0.4 is 5.32 Å². The van der Waals surface area contributed by atoms with E-state index >= 15 is 0 Å². The predicted octanol–water partition coefficient (Wildman–Crippen LogP) is 3.74. The number of hydrogen-bond donors (Lipinski definition) is 1. The van der Waals surface area contributed by atoms with E-state index in [0.29, 0.717) is 16.3 Å². The van der Waals surface area contributed by atoms with Crippen LogP contribution >= 0.6 is 11.6 Å². The Bertz CT molecular complexity index is 701. The van der Waals surface area contributed by atoms with Gasteiger partial charge in [0.05, 0.1) is 11.3 Å². The molecule has 1 amide bonds. The molecule has 0 unspecified atom stereocenters. The molecular formula is C15H13ClN2O3.